The van der Waals surface area contributed by atoms with Crippen molar-refractivity contribution in [1.82, 2.24) is 0 Å². The summed E-state index contributed by atoms with van der Waals surface area (Å²) in [5.41, 5.74) is -0.601. The highest BCUT2D eigenvalue weighted by atomic mass is 32.2. The van der Waals surface area contributed by atoms with Crippen molar-refractivity contribution in [2.24, 2.45) is 5.41 Å². The monoisotopic (exact) mass is 873 g/mol. The lowest BCUT2D eigenvalue weighted by Crippen LogP contribution is -2.35. The van der Waals surface area contributed by atoms with Crippen molar-refractivity contribution in [3.05, 3.63) is 42.0 Å². The van der Waals surface area contributed by atoms with Crippen LogP contribution in [0.2, 0.25) is 0 Å². The number of rotatable bonds is 34. The molecule has 0 aliphatic rings. The van der Waals surface area contributed by atoms with Gasteiger partial charge in [-0.3, -0.25) is 24.2 Å². The lowest BCUT2D eigenvalue weighted by Gasteiger charge is -2.26. The average Bonchev–Trinajstić information content (AvgIpc) is 3.18. The van der Waals surface area contributed by atoms with Crippen molar-refractivity contribution < 1.29 is 75.7 Å². The summed E-state index contributed by atoms with van der Waals surface area (Å²) in [5, 5.41) is 22.3. The van der Waals surface area contributed by atoms with Gasteiger partial charge in [-0.15, -0.1) is 0 Å². The van der Waals surface area contributed by atoms with Gasteiger partial charge >= 0.3 is 11.9 Å². The number of Topliss-reactive ketones (excluding diaryl/α,β-unsaturated/α-hetero) is 1. The van der Waals surface area contributed by atoms with Crippen LogP contribution in [0.3, 0.4) is 0 Å². The van der Waals surface area contributed by atoms with Gasteiger partial charge in [-0.05, 0) is 77.8 Å². The summed E-state index contributed by atoms with van der Waals surface area (Å²) in [5.74, 6) is -1.95. The van der Waals surface area contributed by atoms with E-state index in [-0.39, 0.29) is 56.3 Å². The number of ether oxygens (including phenoxy) is 8. The number of nitrogens with zero attached hydrogens (tertiary/aromatic N) is 1. The van der Waals surface area contributed by atoms with E-state index in [9.17, 15) is 22.8 Å². The molecule has 2 aromatic carbocycles. The van der Waals surface area contributed by atoms with Gasteiger partial charge in [0.1, 0.15) is 16.9 Å². The molecule has 0 unspecified atom stereocenters. The minimum atomic E-state index is -3.87. The fraction of sp³-hybridized carbons (Fsp3) is 0.625. The molecular formula is C40H63N3O16S. The summed E-state index contributed by atoms with van der Waals surface area (Å²) in [6.45, 7) is 11.7. The maximum absolute atomic E-state index is 13.1. The number of aliphatic hydroxyl groups excluding tert-OH is 2. The van der Waals surface area contributed by atoms with Gasteiger partial charge in [-0.2, -0.15) is 0 Å². The number of sulfonamides is 1. The second-order valence-corrected chi connectivity index (χ2v) is 15.7. The van der Waals surface area contributed by atoms with Crippen LogP contribution in [-0.2, 0) is 52.9 Å². The zero-order valence-electron chi connectivity index (χ0n) is 35.5. The number of carbonyl (C=O) groups is 3. The van der Waals surface area contributed by atoms with Crippen molar-refractivity contribution in [3.63, 3.8) is 0 Å². The Balaban J connectivity index is 2.12. The highest BCUT2D eigenvalue weighted by Gasteiger charge is 2.35. The molecule has 60 heavy (non-hydrogen) atoms. The summed E-state index contributed by atoms with van der Waals surface area (Å²) in [6, 6.07) is 8.98. The third-order valence-electron chi connectivity index (χ3n) is 8.14. The van der Waals surface area contributed by atoms with E-state index in [1.165, 1.54) is 32.9 Å². The van der Waals surface area contributed by atoms with E-state index in [1.807, 2.05) is 13.8 Å². The average molecular weight is 874 g/mol. The van der Waals surface area contributed by atoms with Crippen LogP contribution in [0.5, 0.6) is 11.5 Å². The SMILES string of the molecule is CC(=O)C(C)(C)C(=O)Oc1ccc(C(=O)OCNc2ccc(N(CCOCCOCCOCCO)OCCOCCCCOCCO)cc2OC(C)C)cc1NS(C)(=O)=O. The van der Waals surface area contributed by atoms with Crippen molar-refractivity contribution in [2.45, 2.75) is 53.6 Å². The number of hydroxylamine groups is 1. The standard InChI is InChI=1S/C40H63N3O16S/c1-30(2)58-37-28-33(43(13-18-53-21-23-55-24-22-54-20-15-45)57-26-25-52-17-8-7-16-51-19-14-44)10-11-34(37)41-29-56-38(47)32-9-12-36(35(27-32)42-60(6,49)50)59-39(48)40(4,5)31(3)46/h9-12,27-28,30,41-42,44-45H,7-8,13-26,29H2,1-6H3. The van der Waals surface area contributed by atoms with Crippen molar-refractivity contribution >= 4 is 44.8 Å². The van der Waals surface area contributed by atoms with E-state index in [2.05, 4.69) is 10.0 Å². The number of carbonyl (C=O) groups excluding carboxylic acids is 3. The normalized spacial score (nSPS) is 11.7. The van der Waals surface area contributed by atoms with Crippen molar-refractivity contribution in [2.75, 3.05) is 121 Å². The molecule has 0 spiro atoms. The first kappa shape index (κ1) is 52.0. The topological polar surface area (TPSA) is 236 Å². The maximum atomic E-state index is 13.1. The van der Waals surface area contributed by atoms with Crippen LogP contribution >= 0.6 is 0 Å². The lowest BCUT2D eigenvalue weighted by molar-refractivity contribution is -0.149. The van der Waals surface area contributed by atoms with Crippen LogP contribution in [0.15, 0.2) is 36.4 Å². The van der Waals surface area contributed by atoms with Crippen LogP contribution in [0.25, 0.3) is 0 Å². The van der Waals surface area contributed by atoms with Crippen LogP contribution in [0, 0.1) is 5.41 Å². The first-order valence-corrected chi connectivity index (χ1v) is 21.6. The Morgan fingerprint density at radius 1 is 0.750 bits per heavy atom. The molecule has 0 radical (unpaired) electrons. The zero-order valence-corrected chi connectivity index (χ0v) is 36.3. The number of unbranched alkanes of at least 4 members (excludes halogenated alkanes) is 1. The van der Waals surface area contributed by atoms with Gasteiger partial charge in [0.05, 0.1) is 114 Å². The van der Waals surface area contributed by atoms with Crippen molar-refractivity contribution in [1.29, 1.82) is 0 Å². The highest BCUT2D eigenvalue weighted by molar-refractivity contribution is 7.92. The molecule has 0 bridgehead atoms. The van der Waals surface area contributed by atoms with E-state index in [0.29, 0.717) is 83.1 Å². The van der Waals surface area contributed by atoms with Gasteiger partial charge in [0.2, 0.25) is 10.0 Å². The van der Waals surface area contributed by atoms with E-state index in [1.54, 1.807) is 23.3 Å². The fourth-order valence-electron chi connectivity index (χ4n) is 4.73. The second-order valence-electron chi connectivity index (χ2n) is 13.9. The Bertz CT molecular complexity index is 1670. The summed E-state index contributed by atoms with van der Waals surface area (Å²) in [7, 11) is -3.87. The van der Waals surface area contributed by atoms with Gasteiger partial charge in [-0.25, -0.2) is 13.2 Å². The largest absolute Gasteiger partial charge is 0.489 e. The number of hydrogen-bond donors (Lipinski definition) is 4. The van der Waals surface area contributed by atoms with E-state index in [0.717, 1.165) is 25.2 Å². The highest BCUT2D eigenvalue weighted by Crippen LogP contribution is 2.32. The molecule has 0 aliphatic carbocycles. The van der Waals surface area contributed by atoms with Gasteiger partial charge < -0.3 is 53.4 Å². The Hall–Kier alpha value is -4.12. The summed E-state index contributed by atoms with van der Waals surface area (Å²) in [4.78, 5) is 43.9. The molecule has 0 saturated heterocycles. The molecular weight excluding hydrogens is 811 g/mol. The van der Waals surface area contributed by atoms with E-state index >= 15 is 0 Å². The first-order chi connectivity index (χ1) is 28.6. The first-order valence-electron chi connectivity index (χ1n) is 19.7. The van der Waals surface area contributed by atoms with E-state index < -0.39 is 33.2 Å². The molecule has 2 rings (SSSR count). The Morgan fingerprint density at radius 2 is 1.33 bits per heavy atom. The summed E-state index contributed by atoms with van der Waals surface area (Å²) < 4.78 is 70.8. The molecule has 19 nitrogen and oxygen atoms in total. The molecule has 0 aromatic heterocycles. The molecule has 20 heteroatoms. The Morgan fingerprint density at radius 3 is 1.93 bits per heavy atom. The molecule has 340 valence electrons. The maximum Gasteiger partial charge on any atom is 0.339 e. The molecule has 0 heterocycles. The van der Waals surface area contributed by atoms with Crippen molar-refractivity contribution in [3.8, 4) is 11.5 Å². The van der Waals surface area contributed by atoms with Gasteiger partial charge in [0.15, 0.2) is 12.5 Å². The predicted octanol–water partition coefficient (Wildman–Crippen LogP) is 3.18. The van der Waals surface area contributed by atoms with Crippen LogP contribution in [-0.4, -0.2) is 148 Å². The third kappa shape index (κ3) is 20.9. The summed E-state index contributed by atoms with van der Waals surface area (Å²) >= 11 is 0. The van der Waals surface area contributed by atoms with Gasteiger partial charge in [0, 0.05) is 19.3 Å². The quantitative estimate of drug-likeness (QED) is 0.0197. The number of hydrogen-bond acceptors (Lipinski definition) is 18. The Labute approximate surface area is 352 Å². The molecule has 0 fully saturated rings. The second kappa shape index (κ2) is 28.4. The minimum absolute atomic E-state index is 0.00887. The number of anilines is 3. The molecule has 0 amide bonds. The number of ketones is 1. The smallest absolute Gasteiger partial charge is 0.339 e. The van der Waals surface area contributed by atoms with Gasteiger partial charge in [0.25, 0.3) is 0 Å². The molecule has 0 atom stereocenters. The van der Waals surface area contributed by atoms with Crippen LogP contribution in [0.4, 0.5) is 17.1 Å². The minimum Gasteiger partial charge on any atom is -0.489 e. The number of esters is 2. The number of nitrogens with one attached hydrogen (secondary N) is 2. The predicted molar refractivity (Wildman–Crippen MR) is 222 cm³/mol. The molecule has 4 N–H and O–H groups in total. The lowest BCUT2D eigenvalue weighted by atomic mass is 9.89. The molecule has 2 aromatic rings. The van der Waals surface area contributed by atoms with E-state index in [4.69, 9.17) is 52.9 Å². The number of aliphatic hydroxyl groups is 2. The van der Waals surface area contributed by atoms with Gasteiger partial charge in [-0.1, -0.05) is 0 Å². The number of benzene rings is 2. The zero-order chi connectivity index (χ0) is 44.4. The fourth-order valence-corrected chi connectivity index (χ4v) is 5.29. The Kier molecular flexibility index (Phi) is 24.6. The molecule has 0 aliphatic heterocycles. The van der Waals surface area contributed by atoms with Crippen LogP contribution in [0.1, 0.15) is 57.8 Å². The van der Waals surface area contributed by atoms with Crippen LogP contribution < -0.4 is 24.6 Å². The molecule has 0 saturated carbocycles. The summed E-state index contributed by atoms with van der Waals surface area (Å²) in [6.07, 6.45) is 2.27. The third-order valence-corrected chi connectivity index (χ3v) is 8.73.